The van der Waals surface area contributed by atoms with Crippen LogP contribution in [-0.4, -0.2) is 143 Å². The number of nitrogens with zero attached hydrogens (tertiary/aromatic N) is 3. The number of aryl methyl sites for hydroxylation is 3. The predicted octanol–water partition coefficient (Wildman–Crippen LogP) is 14.0. The van der Waals surface area contributed by atoms with Gasteiger partial charge in [0.25, 0.3) is 0 Å². The van der Waals surface area contributed by atoms with Gasteiger partial charge in [-0.05, 0) is 223 Å². The van der Waals surface area contributed by atoms with Gasteiger partial charge in [-0.3, -0.25) is 33.9 Å². The van der Waals surface area contributed by atoms with Crippen molar-refractivity contribution in [2.45, 2.75) is 210 Å². The Kier molecular flexibility index (Phi) is 20.3. The van der Waals surface area contributed by atoms with Crippen LogP contribution in [0.15, 0.2) is 117 Å². The average Bonchev–Trinajstić information content (AvgIpc) is 1.47. The number of aromatic nitrogens is 5. The predicted molar refractivity (Wildman–Crippen MR) is 413 cm³/mol. The maximum absolute atomic E-state index is 13.9. The fourth-order valence-electron chi connectivity index (χ4n) is 24.8. The molecule has 2 heterocycles. The van der Waals surface area contributed by atoms with Crippen LogP contribution in [0.4, 0.5) is 0 Å². The van der Waals surface area contributed by atoms with Crippen LogP contribution in [0.3, 0.4) is 0 Å². The van der Waals surface area contributed by atoms with Gasteiger partial charge in [-0.25, -0.2) is 9.97 Å². The van der Waals surface area contributed by atoms with Crippen LogP contribution < -0.4 is 0 Å². The number of aromatic amines is 2. The van der Waals surface area contributed by atoms with Gasteiger partial charge in [-0.1, -0.05) is 150 Å². The number of aliphatic hydroxyl groups is 6. The van der Waals surface area contributed by atoms with Gasteiger partial charge >= 0.3 is 0 Å². The Balaban J connectivity index is 0.000000134. The second-order valence-corrected chi connectivity index (χ2v) is 38.9. The van der Waals surface area contributed by atoms with E-state index in [-0.39, 0.29) is 139 Å². The normalized spacial score (nSPS) is 42.0. The molecular formula is C84H103Cl2N5O12S3. The molecule has 568 valence electrons. The Morgan fingerprint density at radius 3 is 1.33 bits per heavy atom. The SMILES string of the molecule is C[C@@H]1CC2C3CCC4=CC(=O)C=CC4(C)C3[C@@H](O)CC2(C)[C@@]1(O)C(=O)CSc1cccc(Cl)c1Cl.Cc1cc2nc(SCC(=O)[C@@]3(O)[C@H](C)CC4C5CCC6=CC(=O)C=CC6(C)C5[C@@H](O)CC43C)[nH]c2cc1C.Cc1nc(SCC(=O)[C@@]2(O)[C@H](C)CC3C4CCC5=CC(=O)C=CC5(C)C4[C@@H](O)CC32C)n[nH]1. The van der Waals surface area contributed by atoms with Gasteiger partial charge in [0, 0.05) is 55.1 Å². The highest BCUT2D eigenvalue weighted by molar-refractivity contribution is 8.00. The molecule has 0 bridgehead atoms. The lowest BCUT2D eigenvalue weighted by Gasteiger charge is -2.59. The smallest absolute Gasteiger partial charge is 0.208 e. The number of allylic oxidation sites excluding steroid dienone is 12. The van der Waals surface area contributed by atoms with Crippen LogP contribution in [0, 0.1) is 124 Å². The number of hydrogen-bond donors (Lipinski definition) is 8. The van der Waals surface area contributed by atoms with Crippen molar-refractivity contribution in [2.75, 3.05) is 17.3 Å². The molecule has 2 aromatic heterocycles. The number of H-pyrrole nitrogens is 2. The number of benzene rings is 2. The van der Waals surface area contributed by atoms with Crippen LogP contribution in [0.2, 0.25) is 10.0 Å². The number of rotatable bonds is 12. The molecule has 12 aliphatic rings. The third-order valence-corrected chi connectivity index (χ3v) is 33.8. The first-order chi connectivity index (χ1) is 49.8. The van der Waals surface area contributed by atoms with Crippen LogP contribution in [0.5, 0.6) is 0 Å². The third kappa shape index (κ3) is 11.9. The first-order valence-electron chi connectivity index (χ1n) is 38.1. The molecule has 17 nitrogen and oxygen atoms in total. The summed E-state index contributed by atoms with van der Waals surface area (Å²) in [6.07, 6.45) is 22.5. The molecule has 22 heteroatoms. The number of nitrogens with one attached hydrogen (secondary N) is 2. The van der Waals surface area contributed by atoms with Crippen molar-refractivity contribution in [3.8, 4) is 0 Å². The van der Waals surface area contributed by atoms with E-state index in [1.165, 1.54) is 46.4 Å². The summed E-state index contributed by atoms with van der Waals surface area (Å²) in [6, 6.07) is 9.45. The molecule has 12 aliphatic carbocycles. The molecular weight excluding hydrogens is 1440 g/mol. The Morgan fingerprint density at radius 1 is 0.547 bits per heavy atom. The summed E-state index contributed by atoms with van der Waals surface area (Å²) in [5.74, 6) is 0.667. The number of thioether (sulfide) groups is 3. The Bertz CT molecular complexity index is 4470. The highest BCUT2D eigenvalue weighted by Gasteiger charge is 2.74. The van der Waals surface area contributed by atoms with Crippen LogP contribution >= 0.6 is 58.5 Å². The zero-order chi connectivity index (χ0) is 76.3. The minimum atomic E-state index is -1.53. The van der Waals surface area contributed by atoms with Crippen molar-refractivity contribution in [1.29, 1.82) is 0 Å². The number of imidazole rings is 1. The third-order valence-electron chi connectivity index (χ3n) is 30.1. The molecule has 0 aliphatic heterocycles. The molecule has 24 atom stereocenters. The fourth-order valence-corrected chi connectivity index (χ4v) is 27.9. The van der Waals surface area contributed by atoms with Crippen molar-refractivity contribution in [2.24, 2.45) is 104 Å². The van der Waals surface area contributed by atoms with Gasteiger partial charge in [-0.2, -0.15) is 0 Å². The van der Waals surface area contributed by atoms with E-state index < -0.39 is 51.4 Å². The lowest BCUT2D eigenvalue weighted by Crippen LogP contribution is -2.62. The zero-order valence-electron chi connectivity index (χ0n) is 62.8. The van der Waals surface area contributed by atoms with Gasteiger partial charge < -0.3 is 35.6 Å². The van der Waals surface area contributed by atoms with Crippen LogP contribution in [0.25, 0.3) is 11.0 Å². The number of Topliss-reactive ketones (excluding diaryl/α,β-unsaturated/α-hetero) is 3. The summed E-state index contributed by atoms with van der Waals surface area (Å²) in [5.41, 5.74) is -0.273. The summed E-state index contributed by atoms with van der Waals surface area (Å²) in [4.78, 5) is 90.2. The van der Waals surface area contributed by atoms with Gasteiger partial charge in [0.15, 0.2) is 39.9 Å². The molecule has 16 rings (SSSR count). The molecule has 0 amide bonds. The van der Waals surface area contributed by atoms with Crippen LogP contribution in [-0.2, 0) is 28.8 Å². The van der Waals surface area contributed by atoms with Gasteiger partial charge in [0.05, 0.1) is 56.6 Å². The Morgan fingerprint density at radius 2 is 0.934 bits per heavy atom. The minimum absolute atomic E-state index is 0.0119. The lowest BCUT2D eigenvalue weighted by atomic mass is 9.46. The first kappa shape index (κ1) is 77.6. The Hall–Kier alpha value is -5.10. The maximum Gasteiger partial charge on any atom is 0.208 e. The molecule has 0 saturated heterocycles. The summed E-state index contributed by atoms with van der Waals surface area (Å²) in [5, 5.41) is 80.0. The van der Waals surface area contributed by atoms with Gasteiger partial charge in [-0.15, -0.1) is 16.9 Å². The summed E-state index contributed by atoms with van der Waals surface area (Å²) < 4.78 is 0. The van der Waals surface area contributed by atoms with E-state index in [2.05, 4.69) is 65.8 Å². The number of carbonyl (C=O) groups excluding carboxylic acids is 6. The minimum Gasteiger partial charge on any atom is -0.393 e. The van der Waals surface area contributed by atoms with E-state index in [1.54, 1.807) is 55.5 Å². The molecule has 15 unspecified atom stereocenters. The quantitative estimate of drug-likeness (QED) is 0.0612. The van der Waals surface area contributed by atoms with E-state index >= 15 is 0 Å². The summed E-state index contributed by atoms with van der Waals surface area (Å²) >= 11 is 16.3. The van der Waals surface area contributed by atoms with Crippen molar-refractivity contribution in [1.82, 2.24) is 25.1 Å². The van der Waals surface area contributed by atoms with Crippen molar-refractivity contribution >= 4 is 104 Å². The maximum atomic E-state index is 13.9. The summed E-state index contributed by atoms with van der Waals surface area (Å²) in [7, 11) is 0. The second kappa shape index (κ2) is 27.7. The van der Waals surface area contributed by atoms with E-state index in [1.807, 2.05) is 71.9 Å². The number of aliphatic hydroxyl groups excluding tert-OH is 3. The highest BCUT2D eigenvalue weighted by Crippen LogP contribution is 2.72. The number of ketones is 6. The molecule has 2 aromatic carbocycles. The molecule has 0 radical (unpaired) electrons. The molecule has 106 heavy (non-hydrogen) atoms. The van der Waals surface area contributed by atoms with Crippen molar-refractivity contribution in [3.05, 3.63) is 129 Å². The van der Waals surface area contributed by atoms with E-state index in [0.717, 1.165) is 85.5 Å². The monoisotopic (exact) mass is 1540 g/mol. The summed E-state index contributed by atoms with van der Waals surface area (Å²) in [6.45, 7) is 24.3. The molecule has 8 N–H and O–H groups in total. The lowest BCUT2D eigenvalue weighted by molar-refractivity contribution is -0.180. The molecule has 9 fully saturated rings. The van der Waals surface area contributed by atoms with Crippen molar-refractivity contribution in [3.63, 3.8) is 0 Å². The first-order valence-corrected chi connectivity index (χ1v) is 41.9. The van der Waals surface area contributed by atoms with Crippen LogP contribution in [0.1, 0.15) is 156 Å². The molecule has 0 spiro atoms. The van der Waals surface area contributed by atoms with E-state index in [0.29, 0.717) is 50.3 Å². The Labute approximate surface area is 644 Å². The van der Waals surface area contributed by atoms with Gasteiger partial charge in [0.1, 0.15) is 22.6 Å². The largest absolute Gasteiger partial charge is 0.393 e. The van der Waals surface area contributed by atoms with E-state index in [4.69, 9.17) is 23.2 Å². The number of halogens is 2. The number of hydrogen-bond acceptors (Lipinski definition) is 18. The van der Waals surface area contributed by atoms with Crippen molar-refractivity contribution < 1.29 is 59.4 Å². The topological polar surface area (TPSA) is 294 Å². The number of fused-ring (bicyclic) bond motifs is 16. The highest BCUT2D eigenvalue weighted by atomic mass is 35.5. The second-order valence-electron chi connectivity index (χ2n) is 35.2. The molecule has 9 saturated carbocycles. The number of carbonyl (C=O) groups is 6. The van der Waals surface area contributed by atoms with Gasteiger partial charge in [0.2, 0.25) is 5.16 Å². The standard InChI is InChI=1S/C31H38N2O4S.C28H32Cl2O4S.C25H33N3O4S/c1-16-10-23-24(11-17(16)2)33-28(32-23)38-15-26(36)31(37)18(3)12-22-21-7-6-19-13-20(34)8-9-29(19,4)27(21)25(35)14-30(22,31)5;1-15-11-19-18-8-7-16-12-17(31)9-10-26(16,2)24(18)21(32)13-27(19,3)28(15,34)23(33)14-35-22-6-4-5-20(29)25(22)30;1-13-9-18-17-6-5-15-10-16(29)7-8-23(15,3)21(17)19(30)11-24(18,4)25(13,32)20(31)12-33-22-26-14(2)27-28-22/h8-11,13,18,21-22,25,27,35,37H,6-7,12,14-15H2,1-5H3,(H,32,33);4-6,9-10,12,15,18-19,21,24,32,34H,7-8,11,13-14H2,1-3H3;7-8,10,13,17-19,21,30,32H,5-6,9,11-12H2,1-4H3,(H,26,27,28)/t18-,21?,22?,25+,27?,29?,30?,31+;15-,18?,19?,21+,24?,26?,27?,28+;13-,17?,18?,19+,21?,23?,24?,25+/m111/s1. The average molecular weight is 1540 g/mol. The zero-order valence-corrected chi connectivity index (χ0v) is 66.8. The fraction of sp³-hybridized carbons (Fsp3) is 0.607. The van der Waals surface area contributed by atoms with E-state index in [9.17, 15) is 59.4 Å². The molecule has 4 aromatic rings.